The maximum Gasteiger partial charge on any atom is 0.0652 e. The van der Waals surface area contributed by atoms with Gasteiger partial charge in [0.05, 0.1) is 5.41 Å². The Hall–Kier alpha value is -2.12. The van der Waals surface area contributed by atoms with Gasteiger partial charge in [-0.15, -0.1) is 0 Å². The van der Waals surface area contributed by atoms with Gasteiger partial charge in [0.2, 0.25) is 0 Å². The van der Waals surface area contributed by atoms with Crippen LogP contribution < -0.4 is 0 Å². The third kappa shape index (κ3) is 4.90. The minimum absolute atomic E-state index is 0.0653. The molecule has 1 spiro atoms. The Balaban J connectivity index is 1.65. The summed E-state index contributed by atoms with van der Waals surface area (Å²) in [5.41, 5.74) is 15.5. The summed E-state index contributed by atoms with van der Waals surface area (Å²) in [6.07, 6.45) is 18.3. The molecule has 4 aliphatic rings. The van der Waals surface area contributed by atoms with E-state index in [9.17, 15) is 0 Å². The van der Waals surface area contributed by atoms with Crippen molar-refractivity contribution in [1.29, 1.82) is 0 Å². The van der Waals surface area contributed by atoms with Crippen LogP contribution in [0.1, 0.15) is 148 Å². The smallest absolute Gasteiger partial charge is 0.0652 e. The van der Waals surface area contributed by atoms with Crippen molar-refractivity contribution in [2.75, 3.05) is 0 Å². The van der Waals surface area contributed by atoms with Crippen molar-refractivity contribution in [3.63, 3.8) is 0 Å². The standard InChI is InChI=1S/C43H55Br/c1-11-42(10,22-14-15-27(2)3)29-19-20-32-31-16-12-13-17-34(31)43(35(32)24-29)36-23-28(40(4,5)6)18-21-33(36)39-37(43)25-30(26-38(39)44)41(7,8)9/h12,16,18-21,24-28H,11,13-15,17,22-23H2,1-10H3. The second kappa shape index (κ2) is 11.0. The lowest BCUT2D eigenvalue weighted by molar-refractivity contribution is 0.285. The molecule has 0 saturated carbocycles. The summed E-state index contributed by atoms with van der Waals surface area (Å²) in [6.45, 7) is 24.0. The third-order valence-corrected chi connectivity index (χ3v) is 12.4. The van der Waals surface area contributed by atoms with Crippen LogP contribution in [-0.4, -0.2) is 0 Å². The molecule has 0 aromatic heterocycles. The zero-order valence-corrected chi connectivity index (χ0v) is 30.8. The minimum Gasteiger partial charge on any atom is -0.0836 e. The first-order chi connectivity index (χ1) is 20.6. The van der Waals surface area contributed by atoms with E-state index in [0.29, 0.717) is 5.92 Å². The molecule has 0 saturated heterocycles. The molecule has 0 N–H and O–H groups in total. The van der Waals surface area contributed by atoms with E-state index < -0.39 is 0 Å². The average Bonchev–Trinajstić information content (AvgIpc) is 3.42. The topological polar surface area (TPSA) is 0 Å². The van der Waals surface area contributed by atoms with Crippen molar-refractivity contribution in [2.24, 2.45) is 17.3 Å². The van der Waals surface area contributed by atoms with E-state index in [1.807, 2.05) is 0 Å². The summed E-state index contributed by atoms with van der Waals surface area (Å²) in [5.74, 6) is 1.27. The van der Waals surface area contributed by atoms with Gasteiger partial charge in [0.25, 0.3) is 0 Å². The number of benzene rings is 2. The maximum absolute atomic E-state index is 4.17. The zero-order valence-electron chi connectivity index (χ0n) is 29.2. The van der Waals surface area contributed by atoms with Crippen LogP contribution in [-0.2, 0) is 16.2 Å². The second-order valence-electron chi connectivity index (χ2n) is 17.1. The fourth-order valence-electron chi connectivity index (χ4n) is 8.68. The molecule has 2 aromatic rings. The highest BCUT2D eigenvalue weighted by Gasteiger charge is 2.55. The van der Waals surface area contributed by atoms with Gasteiger partial charge in [-0.1, -0.05) is 147 Å². The Morgan fingerprint density at radius 3 is 2.27 bits per heavy atom. The number of allylic oxidation sites excluding steroid dienone is 8. The van der Waals surface area contributed by atoms with Gasteiger partial charge in [-0.2, -0.15) is 0 Å². The summed E-state index contributed by atoms with van der Waals surface area (Å²) in [4.78, 5) is 0. The molecule has 1 heteroatoms. The molecule has 0 nitrogen and oxygen atoms in total. The molecule has 0 bridgehead atoms. The van der Waals surface area contributed by atoms with Gasteiger partial charge in [-0.25, -0.2) is 0 Å². The van der Waals surface area contributed by atoms with Gasteiger partial charge in [0.15, 0.2) is 0 Å². The fraction of sp³-hybridized carbons (Fsp3) is 0.535. The van der Waals surface area contributed by atoms with Crippen molar-refractivity contribution in [2.45, 2.75) is 130 Å². The molecular formula is C43H55Br. The van der Waals surface area contributed by atoms with E-state index in [-0.39, 0.29) is 21.7 Å². The number of hydrogen-bond acceptors (Lipinski definition) is 0. The maximum atomic E-state index is 4.17. The van der Waals surface area contributed by atoms with Crippen LogP contribution in [0.2, 0.25) is 0 Å². The van der Waals surface area contributed by atoms with Gasteiger partial charge in [-0.05, 0) is 116 Å². The SMILES string of the molecule is CCC(C)(CCCC(C)C)c1ccc2c(c1)C1(C3=C2C=CCC3)C2=C(C=CC(C(C)(C)C)C2)c2c(Br)cc(C(C)(C)C)cc21. The van der Waals surface area contributed by atoms with Crippen molar-refractivity contribution < 1.29 is 0 Å². The molecule has 3 unspecified atom stereocenters. The van der Waals surface area contributed by atoms with E-state index in [0.717, 1.165) is 25.2 Å². The van der Waals surface area contributed by atoms with Crippen LogP contribution in [0, 0.1) is 17.3 Å². The zero-order chi connectivity index (χ0) is 31.8. The molecule has 4 aliphatic carbocycles. The molecular weight excluding hydrogens is 596 g/mol. The van der Waals surface area contributed by atoms with Crippen molar-refractivity contribution in [1.82, 2.24) is 0 Å². The molecule has 0 fully saturated rings. The van der Waals surface area contributed by atoms with Crippen LogP contribution in [0.15, 0.2) is 70.3 Å². The lowest BCUT2D eigenvalue weighted by atomic mass is 9.62. The minimum atomic E-state index is -0.194. The lowest BCUT2D eigenvalue weighted by Gasteiger charge is -2.40. The third-order valence-electron chi connectivity index (χ3n) is 11.8. The molecule has 0 radical (unpaired) electrons. The lowest BCUT2D eigenvalue weighted by Crippen LogP contribution is -2.33. The molecule has 0 heterocycles. The predicted molar refractivity (Wildman–Crippen MR) is 195 cm³/mol. The summed E-state index contributed by atoms with van der Waals surface area (Å²) < 4.78 is 1.26. The van der Waals surface area contributed by atoms with Crippen molar-refractivity contribution in [3.8, 4) is 0 Å². The first-order valence-electron chi connectivity index (χ1n) is 17.4. The molecule has 44 heavy (non-hydrogen) atoms. The van der Waals surface area contributed by atoms with Gasteiger partial charge >= 0.3 is 0 Å². The Morgan fingerprint density at radius 2 is 1.61 bits per heavy atom. The van der Waals surface area contributed by atoms with Crippen molar-refractivity contribution >= 4 is 27.1 Å². The van der Waals surface area contributed by atoms with Gasteiger partial charge < -0.3 is 0 Å². The number of halogens is 1. The summed E-state index contributed by atoms with van der Waals surface area (Å²) in [7, 11) is 0. The second-order valence-corrected chi connectivity index (χ2v) is 18.0. The fourth-order valence-corrected chi connectivity index (χ4v) is 9.35. The predicted octanol–water partition coefficient (Wildman–Crippen LogP) is 13.0. The van der Waals surface area contributed by atoms with E-state index in [2.05, 4.69) is 140 Å². The highest BCUT2D eigenvalue weighted by molar-refractivity contribution is 9.10. The van der Waals surface area contributed by atoms with Gasteiger partial charge in [0, 0.05) is 10.0 Å². The average molecular weight is 652 g/mol. The molecule has 234 valence electrons. The van der Waals surface area contributed by atoms with Crippen LogP contribution in [0.3, 0.4) is 0 Å². The number of hydrogen-bond donors (Lipinski definition) is 0. The number of rotatable bonds is 6. The first-order valence-corrected chi connectivity index (χ1v) is 18.2. The highest BCUT2D eigenvalue weighted by Crippen LogP contribution is 2.66. The monoisotopic (exact) mass is 650 g/mol. The Bertz CT molecular complexity index is 1610. The van der Waals surface area contributed by atoms with E-state index in [4.69, 9.17) is 0 Å². The molecule has 2 aromatic carbocycles. The first kappa shape index (κ1) is 31.8. The van der Waals surface area contributed by atoms with E-state index in [1.54, 1.807) is 16.7 Å². The molecule has 3 atom stereocenters. The summed E-state index contributed by atoms with van der Waals surface area (Å²) in [6, 6.07) is 12.7. The molecule has 6 rings (SSSR count). The van der Waals surface area contributed by atoms with Gasteiger partial charge in [-0.3, -0.25) is 0 Å². The van der Waals surface area contributed by atoms with Crippen LogP contribution >= 0.6 is 15.9 Å². The quantitative estimate of drug-likeness (QED) is 0.292. The van der Waals surface area contributed by atoms with Crippen molar-refractivity contribution in [3.05, 3.63) is 104 Å². The highest BCUT2D eigenvalue weighted by atomic mass is 79.9. The van der Waals surface area contributed by atoms with Crippen LogP contribution in [0.5, 0.6) is 0 Å². The van der Waals surface area contributed by atoms with Gasteiger partial charge in [0.1, 0.15) is 0 Å². The van der Waals surface area contributed by atoms with E-state index in [1.165, 1.54) is 69.1 Å². The van der Waals surface area contributed by atoms with Crippen LogP contribution in [0.25, 0.3) is 11.1 Å². The number of fused-ring (bicyclic) bond motifs is 8. The summed E-state index contributed by atoms with van der Waals surface area (Å²) in [5, 5.41) is 0. The van der Waals surface area contributed by atoms with E-state index >= 15 is 0 Å². The Morgan fingerprint density at radius 1 is 0.886 bits per heavy atom. The Labute approximate surface area is 277 Å². The largest absolute Gasteiger partial charge is 0.0836 e. The summed E-state index contributed by atoms with van der Waals surface area (Å²) >= 11 is 4.17. The van der Waals surface area contributed by atoms with Crippen LogP contribution in [0.4, 0.5) is 0 Å². The Kier molecular flexibility index (Phi) is 7.96. The normalized spacial score (nSPS) is 23.8. The molecule has 0 aliphatic heterocycles. The molecule has 0 amide bonds.